The van der Waals surface area contributed by atoms with E-state index in [9.17, 15) is 22.4 Å². The van der Waals surface area contributed by atoms with Crippen molar-refractivity contribution in [3.8, 4) is 5.88 Å². The fraction of sp³-hybridized carbons (Fsp3) is 0.474. The number of hydrogen-bond donors (Lipinski definition) is 1. The molecule has 1 aliphatic rings. The van der Waals surface area contributed by atoms with Crippen molar-refractivity contribution in [2.75, 3.05) is 19.7 Å². The molecule has 162 valence electrons. The van der Waals surface area contributed by atoms with Gasteiger partial charge in [0.15, 0.2) is 6.17 Å². The molecule has 11 heteroatoms. The molecule has 2 aromatic heterocycles. The predicted molar refractivity (Wildman–Crippen MR) is 96.9 cm³/mol. The molecule has 1 aliphatic heterocycles. The molecule has 0 bridgehead atoms. The Bertz CT molecular complexity index is 902. The smallest absolute Gasteiger partial charge is 0.433 e. The lowest BCUT2D eigenvalue weighted by atomic mass is 9.90. The Kier molecular flexibility index (Phi) is 6.37. The van der Waals surface area contributed by atoms with Crippen LogP contribution in [0.3, 0.4) is 0 Å². The second-order valence-electron chi connectivity index (χ2n) is 6.94. The van der Waals surface area contributed by atoms with Crippen LogP contribution in [0.15, 0.2) is 24.4 Å². The number of carboxylic acid groups (broad SMARTS) is 1. The first-order chi connectivity index (χ1) is 14.1. The number of halogens is 4. The highest BCUT2D eigenvalue weighted by atomic mass is 19.4. The first-order valence-electron chi connectivity index (χ1n) is 9.27. The van der Waals surface area contributed by atoms with Gasteiger partial charge in [-0.1, -0.05) is 6.07 Å². The molecule has 2 aromatic rings. The van der Waals surface area contributed by atoms with Gasteiger partial charge >= 0.3 is 12.3 Å². The Morgan fingerprint density at radius 3 is 2.63 bits per heavy atom. The first kappa shape index (κ1) is 21.7. The molecule has 0 saturated carbocycles. The van der Waals surface area contributed by atoms with E-state index in [-0.39, 0.29) is 17.4 Å². The number of hydrogen-bond acceptors (Lipinski definition) is 5. The summed E-state index contributed by atoms with van der Waals surface area (Å²) in [6.45, 7) is 1.73. The first-order valence-corrected chi connectivity index (χ1v) is 9.27. The highest BCUT2D eigenvalue weighted by molar-refractivity contribution is 5.65. The Labute approximate surface area is 169 Å². The van der Waals surface area contributed by atoms with Gasteiger partial charge in [-0.3, -0.25) is 0 Å². The molecule has 1 N–H and O–H groups in total. The van der Waals surface area contributed by atoms with E-state index in [1.807, 2.05) is 0 Å². The Hall–Kier alpha value is -2.98. The summed E-state index contributed by atoms with van der Waals surface area (Å²) in [6, 6.07) is 3.15. The average Bonchev–Trinajstić information content (AvgIpc) is 2.71. The molecule has 30 heavy (non-hydrogen) atoms. The van der Waals surface area contributed by atoms with Gasteiger partial charge in [-0.2, -0.15) is 13.2 Å². The van der Waals surface area contributed by atoms with Crippen molar-refractivity contribution in [1.82, 2.24) is 19.9 Å². The maximum absolute atomic E-state index is 14.9. The zero-order valence-electron chi connectivity index (χ0n) is 16.1. The number of nitrogens with zero attached hydrogens (tertiary/aromatic N) is 4. The number of piperidine rings is 1. The molecule has 0 spiro atoms. The molecule has 1 atom stereocenters. The van der Waals surface area contributed by atoms with E-state index in [1.165, 1.54) is 17.2 Å². The average molecular weight is 428 g/mol. The Morgan fingerprint density at radius 1 is 1.30 bits per heavy atom. The second kappa shape index (κ2) is 8.80. The zero-order valence-corrected chi connectivity index (χ0v) is 16.1. The molecule has 0 aromatic carbocycles. The van der Waals surface area contributed by atoms with E-state index in [2.05, 4.69) is 15.0 Å². The minimum atomic E-state index is -4.63. The standard InChI is InChI=1S/C19H20F4N4O3/c1-11-24-9-13(17(25-11)12-5-7-27(8-6-12)18(28)29)14(20)10-30-16-4-2-3-15(26-16)19(21,22)23/h2-4,9,12,14H,5-8,10H2,1H3,(H,28,29). The van der Waals surface area contributed by atoms with Gasteiger partial charge in [0.1, 0.15) is 18.1 Å². The van der Waals surface area contributed by atoms with Crippen LogP contribution in [0.1, 0.15) is 47.7 Å². The number of carbonyl (C=O) groups is 1. The summed E-state index contributed by atoms with van der Waals surface area (Å²) in [5.74, 6) is -0.0406. The topological polar surface area (TPSA) is 88.4 Å². The molecule has 7 nitrogen and oxygen atoms in total. The van der Waals surface area contributed by atoms with Gasteiger partial charge in [0.25, 0.3) is 0 Å². The Balaban J connectivity index is 1.72. The number of ether oxygens (including phenoxy) is 1. The van der Waals surface area contributed by atoms with Crippen molar-refractivity contribution in [2.24, 2.45) is 0 Å². The quantitative estimate of drug-likeness (QED) is 0.720. The molecule has 3 rings (SSSR count). The third kappa shape index (κ3) is 5.14. The van der Waals surface area contributed by atoms with Crippen LogP contribution < -0.4 is 4.74 Å². The van der Waals surface area contributed by atoms with Crippen molar-refractivity contribution >= 4 is 6.09 Å². The summed E-state index contributed by atoms with van der Waals surface area (Å²) in [5, 5.41) is 9.08. The predicted octanol–water partition coefficient (Wildman–Crippen LogP) is 4.15. The molecule has 3 heterocycles. The van der Waals surface area contributed by atoms with Crippen LogP contribution in [-0.4, -0.2) is 50.7 Å². The summed E-state index contributed by atoms with van der Waals surface area (Å²) < 4.78 is 58.4. The van der Waals surface area contributed by atoms with Crippen LogP contribution in [0.25, 0.3) is 0 Å². The monoisotopic (exact) mass is 428 g/mol. The summed E-state index contributed by atoms with van der Waals surface area (Å²) in [4.78, 5) is 24.1. The maximum Gasteiger partial charge on any atom is 0.433 e. The van der Waals surface area contributed by atoms with E-state index in [1.54, 1.807) is 6.92 Å². The third-order valence-electron chi connectivity index (χ3n) is 4.85. The number of amides is 1. The lowest BCUT2D eigenvalue weighted by molar-refractivity contribution is -0.141. The minimum absolute atomic E-state index is 0.151. The number of alkyl halides is 4. The molecule has 0 aliphatic carbocycles. The Morgan fingerprint density at radius 2 is 2.00 bits per heavy atom. The van der Waals surface area contributed by atoms with E-state index >= 15 is 0 Å². The molecule has 1 saturated heterocycles. The molecule has 1 fully saturated rings. The van der Waals surface area contributed by atoms with Crippen molar-refractivity contribution < 1.29 is 32.2 Å². The summed E-state index contributed by atoms with van der Waals surface area (Å²) in [7, 11) is 0. The zero-order chi connectivity index (χ0) is 21.9. The summed E-state index contributed by atoms with van der Waals surface area (Å²) in [5.41, 5.74) is -0.470. The molecule has 0 radical (unpaired) electrons. The molecule has 1 unspecified atom stereocenters. The fourth-order valence-corrected chi connectivity index (χ4v) is 3.31. The number of aromatic nitrogens is 3. The van der Waals surface area contributed by atoms with E-state index in [0.717, 1.165) is 12.1 Å². The van der Waals surface area contributed by atoms with Crippen molar-refractivity contribution in [1.29, 1.82) is 0 Å². The van der Waals surface area contributed by atoms with Gasteiger partial charge in [0.2, 0.25) is 5.88 Å². The van der Waals surface area contributed by atoms with E-state index in [0.29, 0.717) is 37.4 Å². The van der Waals surface area contributed by atoms with Crippen LogP contribution in [0.4, 0.5) is 22.4 Å². The van der Waals surface area contributed by atoms with Gasteiger partial charge in [-0.25, -0.2) is 24.1 Å². The highest BCUT2D eigenvalue weighted by Gasteiger charge is 2.33. The number of pyridine rings is 1. The number of likely N-dealkylation sites (tertiary alicyclic amines) is 1. The number of aryl methyl sites for hydroxylation is 1. The largest absolute Gasteiger partial charge is 0.474 e. The van der Waals surface area contributed by atoms with Crippen LogP contribution in [0.2, 0.25) is 0 Å². The van der Waals surface area contributed by atoms with E-state index < -0.39 is 30.7 Å². The lowest BCUT2D eigenvalue weighted by Crippen LogP contribution is -2.37. The molecular weight excluding hydrogens is 408 g/mol. The summed E-state index contributed by atoms with van der Waals surface area (Å²) >= 11 is 0. The highest BCUT2D eigenvalue weighted by Crippen LogP contribution is 2.33. The fourth-order valence-electron chi connectivity index (χ4n) is 3.31. The van der Waals surface area contributed by atoms with Crippen molar-refractivity contribution in [3.63, 3.8) is 0 Å². The van der Waals surface area contributed by atoms with E-state index in [4.69, 9.17) is 9.84 Å². The number of rotatable bonds is 5. The molecule has 1 amide bonds. The van der Waals surface area contributed by atoms with Crippen LogP contribution in [0, 0.1) is 6.92 Å². The third-order valence-corrected chi connectivity index (χ3v) is 4.85. The SMILES string of the molecule is Cc1ncc(C(F)COc2cccc(C(F)(F)F)n2)c(C2CCN(C(=O)O)CC2)n1. The van der Waals surface area contributed by atoms with Crippen molar-refractivity contribution in [2.45, 2.75) is 38.0 Å². The minimum Gasteiger partial charge on any atom is -0.474 e. The normalized spacial score (nSPS) is 16.4. The maximum atomic E-state index is 14.9. The van der Waals surface area contributed by atoms with Gasteiger partial charge in [-0.05, 0) is 25.8 Å². The van der Waals surface area contributed by atoms with Crippen molar-refractivity contribution in [3.05, 3.63) is 47.2 Å². The molecular formula is C19H20F4N4O3. The van der Waals surface area contributed by atoms with Gasteiger partial charge in [0.05, 0.1) is 5.69 Å². The van der Waals surface area contributed by atoms with Gasteiger partial charge < -0.3 is 14.7 Å². The lowest BCUT2D eigenvalue weighted by Gasteiger charge is -2.30. The van der Waals surface area contributed by atoms with Crippen LogP contribution in [0.5, 0.6) is 5.88 Å². The van der Waals surface area contributed by atoms with Crippen LogP contribution >= 0.6 is 0 Å². The van der Waals surface area contributed by atoms with Crippen LogP contribution in [-0.2, 0) is 6.18 Å². The summed E-state index contributed by atoms with van der Waals surface area (Å²) in [6.07, 6.45) is -5.00. The van der Waals surface area contributed by atoms with Gasteiger partial charge in [-0.15, -0.1) is 0 Å². The second-order valence-corrected chi connectivity index (χ2v) is 6.94. The van der Waals surface area contributed by atoms with Gasteiger partial charge in [0, 0.05) is 36.8 Å².